The lowest BCUT2D eigenvalue weighted by Gasteiger charge is -2.38. The van der Waals surface area contributed by atoms with E-state index in [4.69, 9.17) is 9.47 Å². The Kier molecular flexibility index (Phi) is 5.19. The van der Waals surface area contributed by atoms with Crippen LogP contribution in [0.15, 0.2) is 24.3 Å². The normalized spacial score (nSPS) is 19.4. The smallest absolute Gasteiger partial charge is 0.407 e. The molecule has 1 aromatic carbocycles. The lowest BCUT2D eigenvalue weighted by Crippen LogP contribution is -2.42. The Labute approximate surface area is 138 Å². The van der Waals surface area contributed by atoms with Crippen LogP contribution in [0.1, 0.15) is 52.6 Å². The van der Waals surface area contributed by atoms with Crippen LogP contribution in [-0.2, 0) is 4.74 Å². The first kappa shape index (κ1) is 17.6. The number of benzene rings is 1. The van der Waals surface area contributed by atoms with Gasteiger partial charge < -0.3 is 20.1 Å². The summed E-state index contributed by atoms with van der Waals surface area (Å²) in [6.07, 6.45) is 0.503. The summed E-state index contributed by atoms with van der Waals surface area (Å²) in [5.41, 5.74) is 0.496. The molecule has 0 saturated carbocycles. The number of carbonyl (C=O) groups is 1. The molecule has 1 atom stereocenters. The fourth-order valence-electron chi connectivity index (χ4n) is 2.71. The van der Waals surface area contributed by atoms with E-state index in [-0.39, 0.29) is 17.7 Å². The zero-order chi connectivity index (χ0) is 17.1. The van der Waals surface area contributed by atoms with Crippen molar-refractivity contribution >= 4 is 6.09 Å². The molecule has 1 unspecified atom stereocenters. The van der Waals surface area contributed by atoms with E-state index in [0.29, 0.717) is 13.1 Å². The third-order valence-corrected chi connectivity index (χ3v) is 3.56. The maximum absolute atomic E-state index is 11.6. The Hall–Kier alpha value is -1.75. The van der Waals surface area contributed by atoms with Crippen molar-refractivity contribution in [1.29, 1.82) is 0 Å². The topological polar surface area (TPSA) is 59.6 Å². The quantitative estimate of drug-likeness (QED) is 0.835. The maximum Gasteiger partial charge on any atom is 0.407 e. The SMILES string of the molecule is CC(C)(C)OC(=O)NCCNC1CC(C)(C)Oc2ccccc21. The second-order valence-corrected chi connectivity index (χ2v) is 7.54. The van der Waals surface area contributed by atoms with E-state index in [2.05, 4.69) is 30.5 Å². The molecule has 0 bridgehead atoms. The number of hydrogen-bond donors (Lipinski definition) is 2. The zero-order valence-electron chi connectivity index (χ0n) is 14.7. The van der Waals surface area contributed by atoms with Gasteiger partial charge >= 0.3 is 6.09 Å². The number of para-hydroxylation sites is 1. The number of fused-ring (bicyclic) bond motifs is 1. The molecule has 0 fully saturated rings. The lowest BCUT2D eigenvalue weighted by atomic mass is 9.90. The molecule has 128 valence electrons. The third kappa shape index (κ3) is 5.43. The molecular formula is C18H28N2O3. The van der Waals surface area contributed by atoms with Crippen LogP contribution >= 0.6 is 0 Å². The predicted molar refractivity (Wildman–Crippen MR) is 90.7 cm³/mol. The average Bonchev–Trinajstić information content (AvgIpc) is 2.40. The molecule has 1 heterocycles. The van der Waals surface area contributed by atoms with E-state index in [9.17, 15) is 4.79 Å². The first-order chi connectivity index (χ1) is 10.7. The largest absolute Gasteiger partial charge is 0.487 e. The summed E-state index contributed by atoms with van der Waals surface area (Å²) in [4.78, 5) is 11.6. The molecule has 1 aliphatic rings. The van der Waals surface area contributed by atoms with Gasteiger partial charge in [-0.1, -0.05) is 18.2 Å². The van der Waals surface area contributed by atoms with Crippen LogP contribution in [-0.4, -0.2) is 30.4 Å². The Morgan fingerprint density at radius 2 is 2.00 bits per heavy atom. The average molecular weight is 320 g/mol. The Bertz CT molecular complexity index is 549. The summed E-state index contributed by atoms with van der Waals surface area (Å²) >= 11 is 0. The minimum absolute atomic E-state index is 0.204. The monoisotopic (exact) mass is 320 g/mol. The Morgan fingerprint density at radius 1 is 1.30 bits per heavy atom. The number of carbonyl (C=O) groups excluding carboxylic acids is 1. The summed E-state index contributed by atoms with van der Waals surface area (Å²) in [7, 11) is 0. The van der Waals surface area contributed by atoms with Crippen molar-refractivity contribution in [3.8, 4) is 5.75 Å². The Balaban J connectivity index is 1.85. The van der Waals surface area contributed by atoms with Gasteiger partial charge in [0.2, 0.25) is 0 Å². The fourth-order valence-corrected chi connectivity index (χ4v) is 2.71. The first-order valence-corrected chi connectivity index (χ1v) is 8.14. The molecular weight excluding hydrogens is 292 g/mol. The first-order valence-electron chi connectivity index (χ1n) is 8.14. The summed E-state index contributed by atoms with van der Waals surface area (Å²) in [5, 5.41) is 6.27. The summed E-state index contributed by atoms with van der Waals surface area (Å²) < 4.78 is 11.2. The molecule has 0 spiro atoms. The minimum atomic E-state index is -0.471. The molecule has 0 saturated heterocycles. The van der Waals surface area contributed by atoms with Crippen molar-refractivity contribution < 1.29 is 14.3 Å². The number of amides is 1. The van der Waals surface area contributed by atoms with E-state index < -0.39 is 5.60 Å². The minimum Gasteiger partial charge on any atom is -0.487 e. The number of ether oxygens (including phenoxy) is 2. The number of hydrogen-bond acceptors (Lipinski definition) is 4. The Morgan fingerprint density at radius 3 is 2.70 bits per heavy atom. The van der Waals surface area contributed by atoms with Crippen LogP contribution in [0.2, 0.25) is 0 Å². The van der Waals surface area contributed by atoms with Gasteiger partial charge in [-0.05, 0) is 40.7 Å². The molecule has 23 heavy (non-hydrogen) atoms. The highest BCUT2D eigenvalue weighted by Crippen LogP contribution is 2.38. The van der Waals surface area contributed by atoms with E-state index >= 15 is 0 Å². The molecule has 5 nitrogen and oxygen atoms in total. The number of rotatable bonds is 4. The fraction of sp³-hybridized carbons (Fsp3) is 0.611. The molecule has 0 aromatic heterocycles. The van der Waals surface area contributed by atoms with Gasteiger partial charge in [0.25, 0.3) is 0 Å². The van der Waals surface area contributed by atoms with Gasteiger partial charge in [0.15, 0.2) is 0 Å². The van der Waals surface area contributed by atoms with Crippen LogP contribution in [0.5, 0.6) is 5.75 Å². The third-order valence-electron chi connectivity index (χ3n) is 3.56. The van der Waals surface area contributed by atoms with Crippen molar-refractivity contribution in [2.45, 2.75) is 58.3 Å². The highest BCUT2D eigenvalue weighted by Gasteiger charge is 2.33. The van der Waals surface area contributed by atoms with E-state index in [1.807, 2.05) is 39.0 Å². The van der Waals surface area contributed by atoms with Gasteiger partial charge in [-0.3, -0.25) is 0 Å². The van der Waals surface area contributed by atoms with Crippen LogP contribution in [0.4, 0.5) is 4.79 Å². The zero-order valence-corrected chi connectivity index (χ0v) is 14.7. The van der Waals surface area contributed by atoms with Crippen molar-refractivity contribution in [3.63, 3.8) is 0 Å². The number of alkyl carbamates (subject to hydrolysis) is 1. The molecule has 5 heteroatoms. The second kappa shape index (κ2) is 6.79. The van der Waals surface area contributed by atoms with Gasteiger partial charge in [-0.2, -0.15) is 0 Å². The molecule has 0 aliphatic carbocycles. The molecule has 2 N–H and O–H groups in total. The van der Waals surface area contributed by atoms with Crippen LogP contribution < -0.4 is 15.4 Å². The molecule has 0 radical (unpaired) electrons. The van der Waals surface area contributed by atoms with Crippen molar-refractivity contribution in [3.05, 3.63) is 29.8 Å². The predicted octanol–water partition coefficient (Wildman–Crippen LogP) is 3.40. The van der Waals surface area contributed by atoms with Crippen molar-refractivity contribution in [2.75, 3.05) is 13.1 Å². The van der Waals surface area contributed by atoms with E-state index in [1.54, 1.807) is 0 Å². The van der Waals surface area contributed by atoms with Crippen LogP contribution in [0, 0.1) is 0 Å². The second-order valence-electron chi connectivity index (χ2n) is 7.54. The highest BCUT2D eigenvalue weighted by atomic mass is 16.6. The van der Waals surface area contributed by atoms with Crippen molar-refractivity contribution in [1.82, 2.24) is 10.6 Å². The van der Waals surface area contributed by atoms with Gasteiger partial charge in [0.05, 0.1) is 0 Å². The summed E-state index contributed by atoms with van der Waals surface area (Å²) in [5.74, 6) is 0.932. The van der Waals surface area contributed by atoms with E-state index in [1.165, 1.54) is 5.56 Å². The molecule has 1 aliphatic heterocycles. The van der Waals surface area contributed by atoms with Gasteiger partial charge in [0.1, 0.15) is 17.0 Å². The van der Waals surface area contributed by atoms with Crippen LogP contribution in [0.25, 0.3) is 0 Å². The molecule has 2 rings (SSSR count). The summed E-state index contributed by atoms with van der Waals surface area (Å²) in [6.45, 7) is 10.9. The number of nitrogens with one attached hydrogen (secondary N) is 2. The van der Waals surface area contributed by atoms with Gasteiger partial charge in [-0.15, -0.1) is 0 Å². The maximum atomic E-state index is 11.6. The van der Waals surface area contributed by atoms with Gasteiger partial charge in [-0.25, -0.2) is 4.79 Å². The lowest BCUT2D eigenvalue weighted by molar-refractivity contribution is 0.0520. The van der Waals surface area contributed by atoms with Crippen molar-refractivity contribution in [2.24, 2.45) is 0 Å². The molecule has 1 aromatic rings. The molecule has 1 amide bonds. The highest BCUT2D eigenvalue weighted by molar-refractivity contribution is 5.67. The van der Waals surface area contributed by atoms with Crippen LogP contribution in [0.3, 0.4) is 0 Å². The van der Waals surface area contributed by atoms with E-state index in [0.717, 1.165) is 12.2 Å². The summed E-state index contributed by atoms with van der Waals surface area (Å²) in [6, 6.07) is 8.32. The van der Waals surface area contributed by atoms with Gasteiger partial charge in [0, 0.05) is 31.1 Å². The standard InChI is InChI=1S/C18H28N2O3/c1-17(2,3)23-16(21)20-11-10-19-14-12-18(4,5)22-15-9-7-6-8-13(14)15/h6-9,14,19H,10-12H2,1-5H3,(H,20,21).